The summed E-state index contributed by atoms with van der Waals surface area (Å²) in [5.41, 5.74) is 3.17. The Morgan fingerprint density at radius 2 is 1.87 bits per heavy atom. The number of hydrogen-bond donors (Lipinski definition) is 2. The highest BCUT2D eigenvalue weighted by Gasteiger charge is 2.14. The number of amides is 1. The average Bonchev–Trinajstić information content (AvgIpc) is 2.59. The highest BCUT2D eigenvalue weighted by molar-refractivity contribution is 6.05. The van der Waals surface area contributed by atoms with Crippen molar-refractivity contribution in [3.05, 3.63) is 77.5 Å². The van der Waals surface area contributed by atoms with Crippen molar-refractivity contribution in [1.29, 1.82) is 0 Å². The predicted octanol–water partition coefficient (Wildman–Crippen LogP) is 3.01. The molecule has 1 amide bonds. The van der Waals surface area contributed by atoms with Crippen LogP contribution in [0.25, 0.3) is 10.9 Å². The first-order chi connectivity index (χ1) is 11.2. The van der Waals surface area contributed by atoms with Crippen molar-refractivity contribution in [3.63, 3.8) is 0 Å². The molecule has 0 aliphatic heterocycles. The Hall–Kier alpha value is -2.72. The SMILES string of the molecule is Cc1ccccc1C(O)CNC(=O)c1ccnc2ccccc12. The minimum Gasteiger partial charge on any atom is -0.387 e. The molecule has 0 fully saturated rings. The fraction of sp³-hybridized carbons (Fsp3) is 0.158. The second kappa shape index (κ2) is 6.58. The molecule has 23 heavy (non-hydrogen) atoms. The lowest BCUT2D eigenvalue weighted by molar-refractivity contribution is 0.0917. The zero-order valence-electron chi connectivity index (χ0n) is 12.9. The van der Waals surface area contributed by atoms with Gasteiger partial charge in [0.25, 0.3) is 5.91 Å². The van der Waals surface area contributed by atoms with E-state index in [1.807, 2.05) is 55.5 Å². The van der Waals surface area contributed by atoms with Gasteiger partial charge < -0.3 is 10.4 Å². The lowest BCUT2D eigenvalue weighted by Crippen LogP contribution is -2.28. The number of aryl methyl sites for hydroxylation is 1. The normalized spacial score (nSPS) is 12.1. The van der Waals surface area contributed by atoms with Crippen LogP contribution in [0.1, 0.15) is 27.6 Å². The third-order valence-electron chi connectivity index (χ3n) is 3.90. The first-order valence-electron chi connectivity index (χ1n) is 7.52. The summed E-state index contributed by atoms with van der Waals surface area (Å²) in [6, 6.07) is 16.8. The number of pyridine rings is 1. The zero-order chi connectivity index (χ0) is 16.2. The summed E-state index contributed by atoms with van der Waals surface area (Å²) >= 11 is 0. The number of carbonyl (C=O) groups is 1. The molecule has 4 heteroatoms. The van der Waals surface area contributed by atoms with Crippen molar-refractivity contribution >= 4 is 16.8 Å². The number of aliphatic hydroxyl groups excluding tert-OH is 1. The number of hydrogen-bond acceptors (Lipinski definition) is 3. The first kappa shape index (κ1) is 15.2. The molecule has 4 nitrogen and oxygen atoms in total. The summed E-state index contributed by atoms with van der Waals surface area (Å²) in [5.74, 6) is -0.212. The maximum Gasteiger partial charge on any atom is 0.252 e. The number of nitrogens with zero attached hydrogens (tertiary/aromatic N) is 1. The van der Waals surface area contributed by atoms with Gasteiger partial charge in [-0.1, -0.05) is 42.5 Å². The lowest BCUT2D eigenvalue weighted by Gasteiger charge is -2.15. The Bertz CT molecular complexity index is 840. The smallest absolute Gasteiger partial charge is 0.252 e. The Labute approximate surface area is 134 Å². The van der Waals surface area contributed by atoms with Crippen molar-refractivity contribution in [2.75, 3.05) is 6.54 Å². The van der Waals surface area contributed by atoms with E-state index in [4.69, 9.17) is 0 Å². The molecule has 2 N–H and O–H groups in total. The Balaban J connectivity index is 1.75. The van der Waals surface area contributed by atoms with E-state index in [1.54, 1.807) is 12.3 Å². The van der Waals surface area contributed by atoms with E-state index in [2.05, 4.69) is 10.3 Å². The second-order valence-corrected chi connectivity index (χ2v) is 5.46. The van der Waals surface area contributed by atoms with Crippen LogP contribution in [-0.2, 0) is 0 Å². The van der Waals surface area contributed by atoms with E-state index < -0.39 is 6.10 Å². The van der Waals surface area contributed by atoms with Crippen LogP contribution >= 0.6 is 0 Å². The molecule has 3 rings (SSSR count). The van der Waals surface area contributed by atoms with Crippen LogP contribution in [0.4, 0.5) is 0 Å². The minimum absolute atomic E-state index is 0.167. The fourth-order valence-electron chi connectivity index (χ4n) is 2.65. The van der Waals surface area contributed by atoms with Gasteiger partial charge in [0.2, 0.25) is 0 Å². The van der Waals surface area contributed by atoms with Gasteiger partial charge in [0, 0.05) is 18.1 Å². The van der Waals surface area contributed by atoms with Gasteiger partial charge in [-0.2, -0.15) is 0 Å². The van der Waals surface area contributed by atoms with Gasteiger partial charge in [0.05, 0.1) is 17.2 Å². The number of benzene rings is 2. The van der Waals surface area contributed by atoms with E-state index in [-0.39, 0.29) is 12.5 Å². The fourth-order valence-corrected chi connectivity index (χ4v) is 2.65. The van der Waals surface area contributed by atoms with Crippen LogP contribution in [0.3, 0.4) is 0 Å². The van der Waals surface area contributed by atoms with Crippen molar-refractivity contribution < 1.29 is 9.90 Å². The molecular weight excluding hydrogens is 288 g/mol. The molecule has 1 heterocycles. The summed E-state index contributed by atoms with van der Waals surface area (Å²) in [4.78, 5) is 16.7. The number of aliphatic hydroxyl groups is 1. The van der Waals surface area contributed by atoms with E-state index in [9.17, 15) is 9.90 Å². The van der Waals surface area contributed by atoms with E-state index in [1.165, 1.54) is 0 Å². The monoisotopic (exact) mass is 306 g/mol. The van der Waals surface area contributed by atoms with Crippen LogP contribution in [0.2, 0.25) is 0 Å². The molecule has 0 saturated carbocycles. The maximum absolute atomic E-state index is 12.4. The predicted molar refractivity (Wildman–Crippen MR) is 90.2 cm³/mol. The summed E-state index contributed by atoms with van der Waals surface area (Å²) < 4.78 is 0. The Morgan fingerprint density at radius 3 is 2.70 bits per heavy atom. The topological polar surface area (TPSA) is 62.2 Å². The van der Waals surface area contributed by atoms with Gasteiger partial charge in [0.15, 0.2) is 0 Å². The van der Waals surface area contributed by atoms with Crippen molar-refractivity contribution in [1.82, 2.24) is 10.3 Å². The maximum atomic E-state index is 12.4. The average molecular weight is 306 g/mol. The third kappa shape index (κ3) is 3.22. The van der Waals surface area contributed by atoms with Crippen molar-refractivity contribution in [2.45, 2.75) is 13.0 Å². The Kier molecular flexibility index (Phi) is 4.35. The standard InChI is InChI=1S/C19H18N2O2/c1-13-6-2-3-7-14(13)18(22)12-21-19(23)16-10-11-20-17-9-5-4-8-15(16)17/h2-11,18,22H,12H2,1H3,(H,21,23). The zero-order valence-corrected chi connectivity index (χ0v) is 12.9. The molecule has 0 bridgehead atoms. The van der Waals surface area contributed by atoms with Crippen LogP contribution in [-0.4, -0.2) is 22.5 Å². The van der Waals surface area contributed by atoms with Gasteiger partial charge in [-0.15, -0.1) is 0 Å². The first-order valence-corrected chi connectivity index (χ1v) is 7.52. The highest BCUT2D eigenvalue weighted by atomic mass is 16.3. The van der Waals surface area contributed by atoms with Crippen molar-refractivity contribution in [2.24, 2.45) is 0 Å². The summed E-state index contributed by atoms with van der Waals surface area (Å²) in [7, 11) is 0. The van der Waals surface area contributed by atoms with Crippen LogP contribution < -0.4 is 5.32 Å². The van der Waals surface area contributed by atoms with Gasteiger partial charge >= 0.3 is 0 Å². The number of fused-ring (bicyclic) bond motifs is 1. The number of rotatable bonds is 4. The van der Waals surface area contributed by atoms with Gasteiger partial charge in [-0.25, -0.2) is 0 Å². The minimum atomic E-state index is -0.728. The quantitative estimate of drug-likeness (QED) is 0.779. The molecule has 0 radical (unpaired) electrons. The molecule has 0 saturated heterocycles. The van der Waals surface area contributed by atoms with E-state index >= 15 is 0 Å². The molecule has 116 valence electrons. The largest absolute Gasteiger partial charge is 0.387 e. The molecule has 0 aliphatic carbocycles. The molecule has 3 aromatic rings. The van der Waals surface area contributed by atoms with Crippen LogP contribution in [0, 0.1) is 6.92 Å². The molecule has 0 aliphatic rings. The molecule has 2 aromatic carbocycles. The van der Waals surface area contributed by atoms with Gasteiger partial charge in [0.1, 0.15) is 0 Å². The number of para-hydroxylation sites is 1. The van der Waals surface area contributed by atoms with Crippen molar-refractivity contribution in [3.8, 4) is 0 Å². The van der Waals surface area contributed by atoms with E-state index in [0.29, 0.717) is 5.56 Å². The second-order valence-electron chi connectivity index (χ2n) is 5.46. The third-order valence-corrected chi connectivity index (χ3v) is 3.90. The lowest BCUT2D eigenvalue weighted by atomic mass is 10.0. The molecule has 1 unspecified atom stereocenters. The number of carbonyl (C=O) groups excluding carboxylic acids is 1. The summed E-state index contributed by atoms with van der Waals surface area (Å²) in [6.07, 6.45) is 0.892. The molecular formula is C19H18N2O2. The van der Waals surface area contributed by atoms with Gasteiger partial charge in [-0.05, 0) is 30.2 Å². The number of aromatic nitrogens is 1. The molecule has 0 spiro atoms. The van der Waals surface area contributed by atoms with Crippen LogP contribution in [0.5, 0.6) is 0 Å². The summed E-state index contributed by atoms with van der Waals surface area (Å²) in [5, 5.41) is 13.9. The van der Waals surface area contributed by atoms with Gasteiger partial charge in [-0.3, -0.25) is 9.78 Å². The summed E-state index contributed by atoms with van der Waals surface area (Å²) in [6.45, 7) is 2.11. The highest BCUT2D eigenvalue weighted by Crippen LogP contribution is 2.18. The van der Waals surface area contributed by atoms with Crippen LogP contribution in [0.15, 0.2) is 60.8 Å². The molecule has 1 aromatic heterocycles. The van der Waals surface area contributed by atoms with E-state index in [0.717, 1.165) is 22.0 Å². The Morgan fingerprint density at radius 1 is 1.13 bits per heavy atom. The molecule has 1 atom stereocenters. The number of nitrogens with one attached hydrogen (secondary N) is 1.